The third-order valence-electron chi connectivity index (χ3n) is 6.74. The molecular weight excluding hydrogens is 472 g/mol. The van der Waals surface area contributed by atoms with E-state index in [0.717, 1.165) is 61.4 Å². The molecule has 0 aliphatic rings. The quantitative estimate of drug-likeness (QED) is 0.125. The number of hydrogen-bond acceptors (Lipinski definition) is 5. The number of carbonyl (C=O) groups is 1. The number of rotatable bonds is 18. The van der Waals surface area contributed by atoms with Crippen LogP contribution < -0.4 is 4.74 Å². The van der Waals surface area contributed by atoms with Crippen LogP contribution in [0.15, 0.2) is 67.0 Å². The van der Waals surface area contributed by atoms with Gasteiger partial charge in [-0.05, 0) is 62.4 Å². The van der Waals surface area contributed by atoms with Gasteiger partial charge in [-0.15, -0.1) is 0 Å². The molecule has 5 nitrogen and oxygen atoms in total. The standard InChI is InChI=1S/C33H44N2O3/c1-3-4-5-6-7-8-9-15-24-37-31-22-20-28(21-23-31)30-25-34-32(35-26-30)19-14-13-16-27(2)38-33(36)29-17-11-10-12-18-29/h10-12,17-18,20-23,25-27H,3-9,13-16,19,24H2,1-2H3. The molecule has 0 spiro atoms. The van der Waals surface area contributed by atoms with Gasteiger partial charge in [-0.2, -0.15) is 0 Å². The molecule has 0 saturated heterocycles. The second kappa shape index (κ2) is 17.3. The summed E-state index contributed by atoms with van der Waals surface area (Å²) in [4.78, 5) is 21.3. The molecule has 0 aliphatic carbocycles. The Morgan fingerprint density at radius 3 is 2.11 bits per heavy atom. The van der Waals surface area contributed by atoms with Crippen molar-refractivity contribution in [3.63, 3.8) is 0 Å². The van der Waals surface area contributed by atoms with Crippen molar-refractivity contribution in [3.8, 4) is 16.9 Å². The fraction of sp³-hybridized carbons (Fsp3) is 0.485. The molecule has 5 heteroatoms. The van der Waals surface area contributed by atoms with E-state index >= 15 is 0 Å². The maximum atomic E-state index is 12.1. The molecule has 1 atom stereocenters. The Morgan fingerprint density at radius 2 is 1.42 bits per heavy atom. The topological polar surface area (TPSA) is 61.3 Å². The molecule has 1 aromatic heterocycles. The third kappa shape index (κ3) is 11.0. The number of carbonyl (C=O) groups excluding carboxylic acids is 1. The van der Waals surface area contributed by atoms with E-state index in [4.69, 9.17) is 9.47 Å². The number of unbranched alkanes of at least 4 members (excludes halogenated alkanes) is 8. The molecule has 38 heavy (non-hydrogen) atoms. The zero-order valence-electron chi connectivity index (χ0n) is 23.2. The van der Waals surface area contributed by atoms with Crippen molar-refractivity contribution in [2.45, 2.75) is 97.0 Å². The number of esters is 1. The van der Waals surface area contributed by atoms with Crippen LogP contribution in [-0.4, -0.2) is 28.6 Å². The molecule has 204 valence electrons. The van der Waals surface area contributed by atoms with Crippen LogP contribution in [0.4, 0.5) is 0 Å². The lowest BCUT2D eigenvalue weighted by molar-refractivity contribution is 0.0319. The molecule has 2 aromatic carbocycles. The lowest BCUT2D eigenvalue weighted by atomic mass is 10.1. The van der Waals surface area contributed by atoms with Crippen molar-refractivity contribution in [1.82, 2.24) is 9.97 Å². The minimum absolute atomic E-state index is 0.113. The summed E-state index contributed by atoms with van der Waals surface area (Å²) in [5, 5.41) is 0. The van der Waals surface area contributed by atoms with E-state index in [2.05, 4.69) is 29.0 Å². The minimum atomic E-state index is -0.264. The first kappa shape index (κ1) is 29.3. The Bertz CT molecular complexity index is 1040. The highest BCUT2D eigenvalue weighted by atomic mass is 16.5. The van der Waals surface area contributed by atoms with Gasteiger partial charge in [0.05, 0.1) is 18.3 Å². The lowest BCUT2D eigenvalue weighted by Gasteiger charge is -2.13. The molecule has 3 aromatic rings. The SMILES string of the molecule is CCCCCCCCCCOc1ccc(-c2cnc(CCCCC(C)OC(=O)c3ccccc3)nc2)cc1. The first-order valence-corrected chi connectivity index (χ1v) is 14.5. The van der Waals surface area contributed by atoms with Gasteiger partial charge in [-0.3, -0.25) is 0 Å². The first-order valence-electron chi connectivity index (χ1n) is 14.5. The smallest absolute Gasteiger partial charge is 0.338 e. The van der Waals surface area contributed by atoms with E-state index in [9.17, 15) is 4.79 Å². The number of ether oxygens (including phenoxy) is 2. The van der Waals surface area contributed by atoms with Gasteiger partial charge in [0.25, 0.3) is 0 Å². The van der Waals surface area contributed by atoms with Crippen LogP contribution in [0.3, 0.4) is 0 Å². The fourth-order valence-corrected chi connectivity index (χ4v) is 4.40. The average Bonchev–Trinajstić information content (AvgIpc) is 2.95. The maximum absolute atomic E-state index is 12.1. The van der Waals surface area contributed by atoms with Crippen molar-refractivity contribution >= 4 is 5.97 Å². The minimum Gasteiger partial charge on any atom is -0.494 e. The van der Waals surface area contributed by atoms with Crippen molar-refractivity contribution in [3.05, 3.63) is 78.4 Å². The number of aromatic nitrogens is 2. The van der Waals surface area contributed by atoms with Crippen molar-refractivity contribution < 1.29 is 14.3 Å². The highest BCUT2D eigenvalue weighted by Crippen LogP contribution is 2.22. The molecule has 0 bridgehead atoms. The fourth-order valence-electron chi connectivity index (χ4n) is 4.40. The van der Waals surface area contributed by atoms with Crippen molar-refractivity contribution in [2.75, 3.05) is 6.61 Å². The van der Waals surface area contributed by atoms with Crippen LogP contribution >= 0.6 is 0 Å². The Morgan fingerprint density at radius 1 is 0.763 bits per heavy atom. The molecule has 0 N–H and O–H groups in total. The van der Waals surface area contributed by atoms with Crippen LogP contribution in [0.1, 0.15) is 101 Å². The van der Waals surface area contributed by atoms with Crippen LogP contribution in [0.25, 0.3) is 11.1 Å². The van der Waals surface area contributed by atoms with Gasteiger partial charge in [0.1, 0.15) is 11.6 Å². The predicted octanol–water partition coefficient (Wildman–Crippen LogP) is 8.62. The van der Waals surface area contributed by atoms with Crippen LogP contribution in [-0.2, 0) is 11.2 Å². The zero-order valence-corrected chi connectivity index (χ0v) is 23.2. The summed E-state index contributed by atoms with van der Waals surface area (Å²) in [7, 11) is 0. The summed E-state index contributed by atoms with van der Waals surface area (Å²) in [5.41, 5.74) is 2.68. The second-order valence-electron chi connectivity index (χ2n) is 10.1. The van der Waals surface area contributed by atoms with Crippen molar-refractivity contribution in [2.24, 2.45) is 0 Å². The van der Waals surface area contributed by atoms with Crippen LogP contribution in [0.2, 0.25) is 0 Å². The monoisotopic (exact) mass is 516 g/mol. The molecule has 3 rings (SSSR count). The molecule has 1 unspecified atom stereocenters. The van der Waals surface area contributed by atoms with Gasteiger partial charge in [0.2, 0.25) is 0 Å². The molecule has 1 heterocycles. The van der Waals surface area contributed by atoms with Crippen LogP contribution in [0.5, 0.6) is 5.75 Å². The van der Waals surface area contributed by atoms with Gasteiger partial charge in [0.15, 0.2) is 0 Å². The summed E-state index contributed by atoms with van der Waals surface area (Å²) in [5.74, 6) is 1.49. The van der Waals surface area contributed by atoms with Crippen molar-refractivity contribution in [1.29, 1.82) is 0 Å². The summed E-state index contributed by atoms with van der Waals surface area (Å²) < 4.78 is 11.5. The molecular formula is C33H44N2O3. The third-order valence-corrected chi connectivity index (χ3v) is 6.74. The summed E-state index contributed by atoms with van der Waals surface area (Å²) in [6, 6.07) is 17.3. The molecule has 0 fully saturated rings. The molecule has 0 radical (unpaired) electrons. The number of nitrogens with zero attached hydrogens (tertiary/aromatic N) is 2. The zero-order chi connectivity index (χ0) is 26.8. The Kier molecular flexibility index (Phi) is 13.4. The average molecular weight is 517 g/mol. The van der Waals surface area contributed by atoms with E-state index in [1.54, 1.807) is 12.1 Å². The number of hydrogen-bond donors (Lipinski definition) is 0. The van der Waals surface area contributed by atoms with E-state index < -0.39 is 0 Å². The largest absolute Gasteiger partial charge is 0.494 e. The summed E-state index contributed by atoms with van der Waals surface area (Å²) in [6.07, 6.45) is 17.7. The Balaban J connectivity index is 1.30. The number of benzene rings is 2. The highest BCUT2D eigenvalue weighted by Gasteiger charge is 2.11. The van der Waals surface area contributed by atoms with Gasteiger partial charge >= 0.3 is 5.97 Å². The lowest BCUT2D eigenvalue weighted by Crippen LogP contribution is -2.15. The van der Waals surface area contributed by atoms with Gasteiger partial charge in [0, 0.05) is 24.4 Å². The first-order chi connectivity index (χ1) is 18.7. The van der Waals surface area contributed by atoms with Gasteiger partial charge in [-0.25, -0.2) is 14.8 Å². The van der Waals surface area contributed by atoms with E-state index in [-0.39, 0.29) is 12.1 Å². The predicted molar refractivity (Wildman–Crippen MR) is 154 cm³/mol. The Hall–Kier alpha value is -3.21. The van der Waals surface area contributed by atoms with Crippen LogP contribution in [0, 0.1) is 0 Å². The maximum Gasteiger partial charge on any atom is 0.338 e. The molecule has 0 aliphatic heterocycles. The van der Waals surface area contributed by atoms with E-state index in [1.807, 2.05) is 49.6 Å². The van der Waals surface area contributed by atoms with E-state index in [1.165, 1.54) is 44.9 Å². The molecule has 0 saturated carbocycles. The van der Waals surface area contributed by atoms with Gasteiger partial charge < -0.3 is 9.47 Å². The normalized spacial score (nSPS) is 11.7. The summed E-state index contributed by atoms with van der Waals surface area (Å²) >= 11 is 0. The highest BCUT2D eigenvalue weighted by molar-refractivity contribution is 5.89. The Labute approximate surface area is 229 Å². The molecule has 0 amide bonds. The van der Waals surface area contributed by atoms with E-state index in [0.29, 0.717) is 5.56 Å². The van der Waals surface area contributed by atoms with Gasteiger partial charge in [-0.1, -0.05) is 82.2 Å². The summed E-state index contributed by atoms with van der Waals surface area (Å²) in [6.45, 7) is 4.98. The second-order valence-corrected chi connectivity index (χ2v) is 10.1. The number of aryl methyl sites for hydroxylation is 1.